The normalized spacial score (nSPS) is 19.6. The molecule has 152 valence electrons. The Morgan fingerprint density at radius 2 is 1.80 bits per heavy atom. The Labute approximate surface area is 183 Å². The largest absolute Gasteiger partial charge is 0.497 e. The Kier molecular flexibility index (Phi) is 4.80. The summed E-state index contributed by atoms with van der Waals surface area (Å²) in [6, 6.07) is 17.4. The van der Waals surface area contributed by atoms with Crippen molar-refractivity contribution in [2.24, 2.45) is 5.10 Å². The van der Waals surface area contributed by atoms with Crippen LogP contribution in [0.1, 0.15) is 35.4 Å². The van der Waals surface area contributed by atoms with Gasteiger partial charge >= 0.3 is 0 Å². The molecule has 0 bridgehead atoms. The quantitative estimate of drug-likeness (QED) is 0.471. The van der Waals surface area contributed by atoms with Gasteiger partial charge in [-0.05, 0) is 54.1 Å². The van der Waals surface area contributed by atoms with Gasteiger partial charge in [-0.25, -0.2) is 9.40 Å². The Morgan fingerprint density at radius 3 is 2.50 bits per heavy atom. The monoisotopic (exact) mass is 442 g/mol. The number of methoxy groups -OCH3 is 1. The fourth-order valence-electron chi connectivity index (χ4n) is 3.92. The zero-order chi connectivity index (χ0) is 20.8. The van der Waals surface area contributed by atoms with Gasteiger partial charge in [0.25, 0.3) is 0 Å². The van der Waals surface area contributed by atoms with Crippen LogP contribution in [0.3, 0.4) is 0 Å². The highest BCUT2D eigenvalue weighted by Crippen LogP contribution is 2.50. The SMILES string of the molecule is COc1ccc(C2=NN3[C@@H](C2)c2cc(Cl)cc(Cl)c2O[C@H]3c2ccc(F)cc2)cc1. The van der Waals surface area contributed by atoms with Gasteiger partial charge in [0, 0.05) is 22.6 Å². The number of halogens is 3. The van der Waals surface area contributed by atoms with Gasteiger partial charge in [-0.3, -0.25) is 0 Å². The Balaban J connectivity index is 1.60. The topological polar surface area (TPSA) is 34.1 Å². The Hall–Kier alpha value is -2.76. The molecule has 2 aliphatic rings. The lowest BCUT2D eigenvalue weighted by Crippen LogP contribution is -2.33. The molecule has 2 heterocycles. The van der Waals surface area contributed by atoms with E-state index in [4.69, 9.17) is 37.8 Å². The summed E-state index contributed by atoms with van der Waals surface area (Å²) >= 11 is 12.7. The van der Waals surface area contributed by atoms with E-state index in [1.165, 1.54) is 12.1 Å². The first kappa shape index (κ1) is 19.2. The molecule has 0 radical (unpaired) electrons. The van der Waals surface area contributed by atoms with E-state index in [9.17, 15) is 4.39 Å². The molecule has 0 saturated heterocycles. The Morgan fingerprint density at radius 1 is 1.07 bits per heavy atom. The van der Waals surface area contributed by atoms with Crippen LogP contribution in [0.25, 0.3) is 0 Å². The highest BCUT2D eigenvalue weighted by Gasteiger charge is 2.42. The summed E-state index contributed by atoms with van der Waals surface area (Å²) in [5.41, 5.74) is 3.59. The van der Waals surface area contributed by atoms with E-state index in [1.807, 2.05) is 35.3 Å². The highest BCUT2D eigenvalue weighted by atomic mass is 35.5. The predicted octanol–water partition coefficient (Wildman–Crippen LogP) is 6.38. The van der Waals surface area contributed by atoms with Crippen molar-refractivity contribution in [2.75, 3.05) is 7.11 Å². The maximum atomic E-state index is 13.5. The zero-order valence-corrected chi connectivity index (χ0v) is 17.5. The first-order valence-corrected chi connectivity index (χ1v) is 10.2. The lowest BCUT2D eigenvalue weighted by atomic mass is 9.96. The molecule has 3 aromatic rings. The van der Waals surface area contributed by atoms with Gasteiger partial charge in [0.2, 0.25) is 6.23 Å². The van der Waals surface area contributed by atoms with Crippen LogP contribution in [0.2, 0.25) is 10.0 Å². The lowest BCUT2D eigenvalue weighted by Gasteiger charge is -2.38. The van der Waals surface area contributed by atoms with Crippen molar-refractivity contribution < 1.29 is 13.9 Å². The van der Waals surface area contributed by atoms with Crippen LogP contribution in [0.15, 0.2) is 65.8 Å². The molecule has 0 aromatic heterocycles. The second-order valence-electron chi connectivity index (χ2n) is 7.20. The zero-order valence-electron chi connectivity index (χ0n) is 16.0. The highest BCUT2D eigenvalue weighted by molar-refractivity contribution is 6.35. The molecule has 7 heteroatoms. The van der Waals surface area contributed by atoms with Crippen molar-refractivity contribution >= 4 is 28.9 Å². The fourth-order valence-corrected chi connectivity index (χ4v) is 4.47. The third-order valence-electron chi connectivity index (χ3n) is 5.39. The average molecular weight is 443 g/mol. The van der Waals surface area contributed by atoms with Gasteiger partial charge in [-0.2, -0.15) is 5.10 Å². The van der Waals surface area contributed by atoms with Gasteiger partial charge < -0.3 is 9.47 Å². The lowest BCUT2D eigenvalue weighted by molar-refractivity contribution is -0.0189. The number of hydrogen-bond donors (Lipinski definition) is 0. The van der Waals surface area contributed by atoms with E-state index in [1.54, 1.807) is 25.3 Å². The first-order valence-electron chi connectivity index (χ1n) is 9.45. The van der Waals surface area contributed by atoms with Crippen LogP contribution in [0, 0.1) is 5.82 Å². The smallest absolute Gasteiger partial charge is 0.213 e. The van der Waals surface area contributed by atoms with Crippen molar-refractivity contribution in [1.82, 2.24) is 5.01 Å². The molecule has 2 atom stereocenters. The number of rotatable bonds is 3. The average Bonchev–Trinajstić information content (AvgIpc) is 3.20. The number of hydrogen-bond acceptors (Lipinski definition) is 4. The first-order chi connectivity index (χ1) is 14.5. The molecule has 30 heavy (non-hydrogen) atoms. The molecule has 5 rings (SSSR count). The second kappa shape index (κ2) is 7.49. The van der Waals surface area contributed by atoms with Gasteiger partial charge in [0.05, 0.1) is 23.9 Å². The molecule has 4 nitrogen and oxygen atoms in total. The van der Waals surface area contributed by atoms with Gasteiger partial charge in [-0.15, -0.1) is 0 Å². The fraction of sp³-hybridized carbons (Fsp3) is 0.174. The predicted molar refractivity (Wildman–Crippen MR) is 115 cm³/mol. The van der Waals surface area contributed by atoms with Gasteiger partial charge in [-0.1, -0.05) is 35.3 Å². The summed E-state index contributed by atoms with van der Waals surface area (Å²) in [5.74, 6) is 1.06. The van der Waals surface area contributed by atoms with Crippen LogP contribution < -0.4 is 9.47 Å². The van der Waals surface area contributed by atoms with E-state index >= 15 is 0 Å². The van der Waals surface area contributed by atoms with Crippen LogP contribution in [-0.2, 0) is 0 Å². The maximum absolute atomic E-state index is 13.5. The van der Waals surface area contributed by atoms with E-state index in [-0.39, 0.29) is 11.9 Å². The molecule has 3 aromatic carbocycles. The third kappa shape index (κ3) is 3.28. The number of hydrazone groups is 1. The molecular weight excluding hydrogens is 426 g/mol. The number of nitrogens with zero attached hydrogens (tertiary/aromatic N) is 2. The summed E-state index contributed by atoms with van der Waals surface area (Å²) in [4.78, 5) is 0. The molecule has 0 fully saturated rings. The van der Waals surface area contributed by atoms with Crippen LogP contribution in [0.5, 0.6) is 11.5 Å². The number of fused-ring (bicyclic) bond motifs is 3. The molecule has 0 aliphatic carbocycles. The summed E-state index contributed by atoms with van der Waals surface area (Å²) in [7, 11) is 1.64. The summed E-state index contributed by atoms with van der Waals surface area (Å²) < 4.78 is 25.0. The maximum Gasteiger partial charge on any atom is 0.213 e. The molecule has 0 saturated carbocycles. The standard InChI is InChI=1S/C23H17Cl2FN2O2/c1-29-17-8-4-13(5-9-17)20-12-21-18-10-15(24)11-19(25)22(18)30-23(28(21)27-20)14-2-6-16(26)7-3-14/h2-11,21,23H,12H2,1H3/t21-,23-/m0/s1. The van der Waals surface area contributed by atoms with Crippen molar-refractivity contribution in [3.63, 3.8) is 0 Å². The summed E-state index contributed by atoms with van der Waals surface area (Å²) in [6.07, 6.45) is 0.134. The molecular formula is C23H17Cl2FN2O2. The summed E-state index contributed by atoms with van der Waals surface area (Å²) in [5, 5.41) is 7.77. The minimum Gasteiger partial charge on any atom is -0.497 e. The van der Waals surface area contributed by atoms with Crippen molar-refractivity contribution in [2.45, 2.75) is 18.7 Å². The van der Waals surface area contributed by atoms with Gasteiger partial charge in [0.1, 0.15) is 17.3 Å². The van der Waals surface area contributed by atoms with Crippen molar-refractivity contribution in [3.8, 4) is 11.5 Å². The molecule has 0 N–H and O–H groups in total. The molecule has 0 unspecified atom stereocenters. The number of benzene rings is 3. The molecule has 0 spiro atoms. The van der Waals surface area contributed by atoms with Crippen molar-refractivity contribution in [1.29, 1.82) is 0 Å². The van der Waals surface area contributed by atoms with Gasteiger partial charge in [0.15, 0.2) is 0 Å². The molecule has 2 aliphatic heterocycles. The summed E-state index contributed by atoms with van der Waals surface area (Å²) in [6.45, 7) is 0. The third-order valence-corrected chi connectivity index (χ3v) is 5.89. The van der Waals surface area contributed by atoms with Crippen LogP contribution in [-0.4, -0.2) is 17.8 Å². The van der Waals surface area contributed by atoms with Crippen molar-refractivity contribution in [3.05, 3.63) is 93.2 Å². The minimum absolute atomic E-state index is 0.0999. The Bertz CT molecular complexity index is 1130. The van der Waals surface area contributed by atoms with Crippen LogP contribution in [0.4, 0.5) is 4.39 Å². The minimum atomic E-state index is -0.530. The van der Waals surface area contributed by atoms with E-state index in [2.05, 4.69) is 0 Å². The molecule has 0 amide bonds. The second-order valence-corrected chi connectivity index (χ2v) is 8.05. The van der Waals surface area contributed by atoms with Crippen LogP contribution >= 0.6 is 23.2 Å². The number of ether oxygens (including phenoxy) is 2. The van der Waals surface area contributed by atoms with E-state index < -0.39 is 6.23 Å². The van der Waals surface area contributed by atoms with E-state index in [0.29, 0.717) is 22.2 Å². The van der Waals surface area contributed by atoms with E-state index in [0.717, 1.165) is 28.2 Å².